The van der Waals surface area contributed by atoms with E-state index in [1.807, 2.05) is 0 Å². The van der Waals surface area contributed by atoms with Crippen LogP contribution in [0.4, 0.5) is 14.5 Å². The average molecular weight is 228 g/mol. The number of nitrogens with zero attached hydrogens (tertiary/aromatic N) is 3. The van der Waals surface area contributed by atoms with Crippen LogP contribution < -0.4 is 5.73 Å². The van der Waals surface area contributed by atoms with E-state index < -0.39 is 28.3 Å². The summed E-state index contributed by atoms with van der Waals surface area (Å²) in [6, 6.07) is 2.09. The molecular weight excluding hydrogens is 222 g/mol. The molecule has 0 amide bonds. The van der Waals surface area contributed by atoms with Gasteiger partial charge in [0.15, 0.2) is 0 Å². The van der Waals surface area contributed by atoms with Crippen molar-refractivity contribution in [3.63, 3.8) is 0 Å². The Hall–Kier alpha value is -2.14. The van der Waals surface area contributed by atoms with Crippen molar-refractivity contribution >= 4 is 5.69 Å². The highest BCUT2D eigenvalue weighted by atomic mass is 19.3. The quantitative estimate of drug-likeness (QED) is 0.619. The van der Waals surface area contributed by atoms with Gasteiger partial charge in [-0.2, -0.15) is 5.26 Å². The Bertz CT molecular complexity index is 470. The maximum absolute atomic E-state index is 12.4. The van der Waals surface area contributed by atoms with Crippen LogP contribution in [0.2, 0.25) is 0 Å². The lowest BCUT2D eigenvalue weighted by atomic mass is 10.1. The first-order chi connectivity index (χ1) is 7.51. The summed E-state index contributed by atoms with van der Waals surface area (Å²) in [7, 11) is 0. The molecule has 0 fully saturated rings. The molecule has 0 aliphatic carbocycles. The zero-order chi connectivity index (χ0) is 12.3. The average Bonchev–Trinajstić information content (AvgIpc) is 2.26. The van der Waals surface area contributed by atoms with Crippen molar-refractivity contribution < 1.29 is 13.7 Å². The summed E-state index contributed by atoms with van der Waals surface area (Å²) in [5.41, 5.74) is 3.09. The molecule has 0 saturated heterocycles. The lowest BCUT2D eigenvalue weighted by molar-refractivity contribution is -0.386. The summed E-state index contributed by atoms with van der Waals surface area (Å²) in [5, 5.41) is 19.1. The molecule has 0 radical (unpaired) electrons. The molecule has 1 rings (SSSR count). The number of halogens is 2. The molecule has 16 heavy (non-hydrogen) atoms. The molecule has 8 heteroatoms. The molecule has 0 saturated carbocycles. The number of nitriles is 1. The smallest absolute Gasteiger partial charge is 0.292 e. The first kappa shape index (κ1) is 11.9. The van der Waals surface area contributed by atoms with E-state index in [2.05, 4.69) is 4.98 Å². The number of hydrogen-bond acceptors (Lipinski definition) is 5. The topological polar surface area (TPSA) is 106 Å². The van der Waals surface area contributed by atoms with Gasteiger partial charge in [0.2, 0.25) is 0 Å². The van der Waals surface area contributed by atoms with Crippen LogP contribution in [0.3, 0.4) is 0 Å². The monoisotopic (exact) mass is 228 g/mol. The number of nitrogens with two attached hydrogens (primary N) is 1. The van der Waals surface area contributed by atoms with Crippen LogP contribution in [-0.4, -0.2) is 9.91 Å². The number of alkyl halides is 2. The van der Waals surface area contributed by atoms with E-state index in [4.69, 9.17) is 11.0 Å². The van der Waals surface area contributed by atoms with Crippen molar-refractivity contribution in [2.75, 3.05) is 0 Å². The molecule has 0 spiro atoms. The largest absolute Gasteiger partial charge is 0.325 e. The number of aromatic nitrogens is 1. The van der Waals surface area contributed by atoms with E-state index in [0.29, 0.717) is 6.07 Å². The predicted molar refractivity (Wildman–Crippen MR) is 48.5 cm³/mol. The van der Waals surface area contributed by atoms with Crippen molar-refractivity contribution in [2.45, 2.75) is 13.0 Å². The Morgan fingerprint density at radius 3 is 2.69 bits per heavy atom. The third-order valence-electron chi connectivity index (χ3n) is 1.84. The fourth-order valence-electron chi connectivity index (χ4n) is 1.12. The lowest BCUT2D eigenvalue weighted by Gasteiger charge is -2.04. The van der Waals surface area contributed by atoms with Crippen molar-refractivity contribution in [1.29, 1.82) is 5.26 Å². The van der Waals surface area contributed by atoms with E-state index >= 15 is 0 Å². The normalized spacial score (nSPS) is 10.2. The molecule has 2 N–H and O–H groups in total. The SMILES string of the molecule is N#Cc1nc(CN)c([N+](=O)[O-])cc1C(F)F. The van der Waals surface area contributed by atoms with E-state index in [0.717, 1.165) is 0 Å². The number of hydrogen-bond donors (Lipinski definition) is 1. The van der Waals surface area contributed by atoms with E-state index in [1.54, 1.807) is 0 Å². The van der Waals surface area contributed by atoms with E-state index in [9.17, 15) is 18.9 Å². The highest BCUT2D eigenvalue weighted by Gasteiger charge is 2.23. The standard InChI is InChI=1S/C8H6F2N4O2/c9-8(10)4-1-7(14(15)16)6(3-12)13-5(4)2-11/h1,8H,3,12H2. The van der Waals surface area contributed by atoms with Gasteiger partial charge in [-0.05, 0) is 0 Å². The van der Waals surface area contributed by atoms with Gasteiger partial charge in [-0.25, -0.2) is 13.8 Å². The number of pyridine rings is 1. The first-order valence-corrected chi connectivity index (χ1v) is 4.07. The summed E-state index contributed by atoms with van der Waals surface area (Å²) < 4.78 is 24.9. The van der Waals surface area contributed by atoms with Crippen molar-refractivity contribution in [2.24, 2.45) is 5.73 Å². The van der Waals surface area contributed by atoms with Crippen LogP contribution >= 0.6 is 0 Å². The van der Waals surface area contributed by atoms with Gasteiger partial charge < -0.3 is 5.73 Å². The second kappa shape index (κ2) is 4.59. The second-order valence-corrected chi connectivity index (χ2v) is 2.77. The van der Waals surface area contributed by atoms with E-state index in [-0.39, 0.29) is 12.2 Å². The molecule has 0 atom stereocenters. The highest BCUT2D eigenvalue weighted by Crippen LogP contribution is 2.27. The summed E-state index contributed by atoms with van der Waals surface area (Å²) in [6.45, 7) is -0.297. The maximum Gasteiger partial charge on any atom is 0.292 e. The van der Waals surface area contributed by atoms with Crippen LogP contribution in [0, 0.1) is 21.4 Å². The zero-order valence-corrected chi connectivity index (χ0v) is 7.85. The Kier molecular flexibility index (Phi) is 3.42. The van der Waals surface area contributed by atoms with Crippen molar-refractivity contribution in [3.8, 4) is 6.07 Å². The van der Waals surface area contributed by atoms with Gasteiger partial charge in [-0.1, -0.05) is 0 Å². The minimum absolute atomic E-state index is 0.189. The van der Waals surface area contributed by atoms with E-state index in [1.165, 1.54) is 6.07 Å². The zero-order valence-electron chi connectivity index (χ0n) is 7.85. The Balaban J connectivity index is 3.48. The fraction of sp³-hybridized carbons (Fsp3) is 0.250. The van der Waals surface area contributed by atoms with Gasteiger partial charge in [0.1, 0.15) is 17.5 Å². The van der Waals surface area contributed by atoms with Gasteiger partial charge in [0.05, 0.1) is 10.5 Å². The minimum Gasteiger partial charge on any atom is -0.325 e. The molecule has 6 nitrogen and oxygen atoms in total. The molecule has 1 aromatic heterocycles. The highest BCUT2D eigenvalue weighted by molar-refractivity contribution is 5.45. The number of nitro groups is 1. The Labute approximate surface area is 88.5 Å². The first-order valence-electron chi connectivity index (χ1n) is 4.07. The van der Waals surface area contributed by atoms with Crippen LogP contribution in [0.15, 0.2) is 6.07 Å². The van der Waals surface area contributed by atoms with Gasteiger partial charge in [0, 0.05) is 12.6 Å². The summed E-state index contributed by atoms with van der Waals surface area (Å²) in [6.07, 6.45) is -2.99. The minimum atomic E-state index is -2.99. The summed E-state index contributed by atoms with van der Waals surface area (Å²) in [5.74, 6) is 0. The molecule has 1 heterocycles. The molecule has 1 aromatic rings. The van der Waals surface area contributed by atoms with Crippen LogP contribution in [0.5, 0.6) is 0 Å². The van der Waals surface area contributed by atoms with Crippen LogP contribution in [0.1, 0.15) is 23.4 Å². The molecular formula is C8H6F2N4O2. The lowest BCUT2D eigenvalue weighted by Crippen LogP contribution is -2.08. The molecule has 0 aliphatic heterocycles. The fourth-order valence-corrected chi connectivity index (χ4v) is 1.12. The maximum atomic E-state index is 12.4. The van der Waals surface area contributed by atoms with Gasteiger partial charge in [-0.3, -0.25) is 10.1 Å². The molecule has 0 unspecified atom stereocenters. The Morgan fingerprint density at radius 2 is 2.31 bits per heavy atom. The predicted octanol–water partition coefficient (Wildman–Crippen LogP) is 1.26. The van der Waals surface area contributed by atoms with Crippen molar-refractivity contribution in [1.82, 2.24) is 4.98 Å². The molecule has 0 aliphatic rings. The van der Waals surface area contributed by atoms with Gasteiger partial charge in [0.25, 0.3) is 12.1 Å². The summed E-state index contributed by atoms with van der Waals surface area (Å²) in [4.78, 5) is 13.1. The van der Waals surface area contributed by atoms with Gasteiger partial charge >= 0.3 is 0 Å². The third kappa shape index (κ3) is 2.09. The Morgan fingerprint density at radius 1 is 1.69 bits per heavy atom. The van der Waals surface area contributed by atoms with Gasteiger partial charge in [-0.15, -0.1) is 0 Å². The van der Waals surface area contributed by atoms with Crippen molar-refractivity contribution in [3.05, 3.63) is 33.1 Å². The van der Waals surface area contributed by atoms with Crippen LogP contribution in [-0.2, 0) is 6.54 Å². The molecule has 84 valence electrons. The van der Waals surface area contributed by atoms with Crippen LogP contribution in [0.25, 0.3) is 0 Å². The second-order valence-electron chi connectivity index (χ2n) is 2.77. The molecule has 0 aromatic carbocycles. The summed E-state index contributed by atoms with van der Waals surface area (Å²) >= 11 is 0. The number of rotatable bonds is 3. The molecule has 0 bridgehead atoms. The third-order valence-corrected chi connectivity index (χ3v) is 1.84.